The zero-order valence-electron chi connectivity index (χ0n) is 12.5. The molecule has 0 N–H and O–H groups in total. The smallest absolute Gasteiger partial charge is 0.104 e. The van der Waals surface area contributed by atoms with Crippen LogP contribution >= 0.6 is 0 Å². The molecule has 0 aromatic heterocycles. The van der Waals surface area contributed by atoms with Gasteiger partial charge in [-0.15, -0.1) is 0 Å². The summed E-state index contributed by atoms with van der Waals surface area (Å²) < 4.78 is 0.982. The Morgan fingerprint density at radius 3 is 1.42 bits per heavy atom. The van der Waals surface area contributed by atoms with Gasteiger partial charge in [0, 0.05) is 11.1 Å². The maximum atomic E-state index is 2.30. The molecule has 0 saturated carbocycles. The molecule has 0 spiro atoms. The van der Waals surface area contributed by atoms with Crippen LogP contribution in [0.15, 0.2) is 48.5 Å². The average Bonchev–Trinajstić information content (AvgIpc) is 2.35. The first-order chi connectivity index (χ1) is 8.98. The summed E-state index contributed by atoms with van der Waals surface area (Å²) in [7, 11) is 4.61. The quantitative estimate of drug-likeness (QED) is 0.721. The van der Waals surface area contributed by atoms with Crippen LogP contribution in [0.1, 0.15) is 22.3 Å². The van der Waals surface area contributed by atoms with Crippen LogP contribution in [0, 0.1) is 13.8 Å². The van der Waals surface area contributed by atoms with Crippen LogP contribution < -0.4 is 0 Å². The SMILES string of the molecule is Cc1ccccc1C[N+](C)(C)Cc1ccccc1C. The lowest BCUT2D eigenvalue weighted by molar-refractivity contribution is -0.916. The summed E-state index contributed by atoms with van der Waals surface area (Å²) in [6, 6.07) is 17.4. The van der Waals surface area contributed by atoms with Gasteiger partial charge < -0.3 is 4.48 Å². The summed E-state index contributed by atoms with van der Waals surface area (Å²) in [4.78, 5) is 0. The molecule has 1 nitrogen and oxygen atoms in total. The first kappa shape index (κ1) is 13.8. The topological polar surface area (TPSA) is 0 Å². The number of hydrogen-bond donors (Lipinski definition) is 0. The highest BCUT2D eigenvalue weighted by Gasteiger charge is 2.18. The molecule has 0 fully saturated rings. The maximum Gasteiger partial charge on any atom is 0.104 e. The van der Waals surface area contributed by atoms with Crippen LogP contribution in [-0.2, 0) is 13.1 Å². The van der Waals surface area contributed by atoms with Crippen molar-refractivity contribution in [1.82, 2.24) is 0 Å². The Balaban J connectivity index is 2.15. The molecule has 0 unspecified atom stereocenters. The zero-order chi connectivity index (χ0) is 13.9. The van der Waals surface area contributed by atoms with Crippen LogP contribution in [0.3, 0.4) is 0 Å². The van der Waals surface area contributed by atoms with Crippen LogP contribution in [0.25, 0.3) is 0 Å². The van der Waals surface area contributed by atoms with E-state index in [1.54, 1.807) is 0 Å². The van der Waals surface area contributed by atoms with Crippen molar-refractivity contribution in [3.8, 4) is 0 Å². The van der Waals surface area contributed by atoms with Gasteiger partial charge in [0.2, 0.25) is 0 Å². The van der Waals surface area contributed by atoms with E-state index in [-0.39, 0.29) is 0 Å². The van der Waals surface area contributed by atoms with E-state index in [1.807, 2.05) is 0 Å². The molecule has 0 aliphatic heterocycles. The third-order valence-corrected chi connectivity index (χ3v) is 3.72. The van der Waals surface area contributed by atoms with Crippen molar-refractivity contribution in [1.29, 1.82) is 0 Å². The van der Waals surface area contributed by atoms with Crippen molar-refractivity contribution in [2.75, 3.05) is 14.1 Å². The second kappa shape index (κ2) is 5.58. The van der Waals surface area contributed by atoms with Crippen molar-refractivity contribution < 1.29 is 4.48 Å². The molecular weight excluding hydrogens is 230 g/mol. The number of aryl methyl sites for hydroxylation is 2. The number of nitrogens with zero attached hydrogens (tertiary/aromatic N) is 1. The second-order valence-electron chi connectivity index (χ2n) is 6.10. The Hall–Kier alpha value is -1.60. The van der Waals surface area contributed by atoms with E-state index in [2.05, 4.69) is 76.5 Å². The molecule has 0 amide bonds. The standard InChI is InChI=1S/C18H24N/c1-15-9-5-7-11-17(15)13-19(3,4)14-18-12-8-6-10-16(18)2/h5-12H,13-14H2,1-4H3/q+1. The predicted octanol–water partition coefficient (Wildman–Crippen LogP) is 4.08. The van der Waals surface area contributed by atoms with Gasteiger partial charge in [0.25, 0.3) is 0 Å². The summed E-state index contributed by atoms with van der Waals surface area (Å²) in [5, 5.41) is 0. The molecular formula is C18H24N+. The van der Waals surface area contributed by atoms with Gasteiger partial charge >= 0.3 is 0 Å². The van der Waals surface area contributed by atoms with Crippen LogP contribution in [0.5, 0.6) is 0 Å². The Bertz CT molecular complexity index is 506. The Labute approximate surface area is 117 Å². The summed E-state index contributed by atoms with van der Waals surface area (Å²) in [5.41, 5.74) is 5.67. The Kier molecular flexibility index (Phi) is 4.06. The van der Waals surface area contributed by atoms with Crippen molar-refractivity contribution in [3.63, 3.8) is 0 Å². The number of quaternary nitrogens is 1. The summed E-state index contributed by atoms with van der Waals surface area (Å²) in [6.07, 6.45) is 0. The molecule has 100 valence electrons. The molecule has 0 bridgehead atoms. The fourth-order valence-electron chi connectivity index (χ4n) is 2.55. The summed E-state index contributed by atoms with van der Waals surface area (Å²) in [5.74, 6) is 0. The Morgan fingerprint density at radius 1 is 0.684 bits per heavy atom. The first-order valence-electron chi connectivity index (χ1n) is 6.89. The molecule has 2 aromatic carbocycles. The van der Waals surface area contributed by atoms with E-state index >= 15 is 0 Å². The third kappa shape index (κ3) is 3.68. The van der Waals surface area contributed by atoms with Crippen LogP contribution in [0.2, 0.25) is 0 Å². The van der Waals surface area contributed by atoms with Crippen molar-refractivity contribution >= 4 is 0 Å². The van der Waals surface area contributed by atoms with Crippen molar-refractivity contribution in [3.05, 3.63) is 70.8 Å². The van der Waals surface area contributed by atoms with E-state index in [9.17, 15) is 0 Å². The molecule has 2 rings (SSSR count). The van der Waals surface area contributed by atoms with Gasteiger partial charge in [-0.3, -0.25) is 0 Å². The fraction of sp³-hybridized carbons (Fsp3) is 0.333. The molecule has 0 aliphatic rings. The van der Waals surface area contributed by atoms with E-state index in [0.29, 0.717) is 0 Å². The lowest BCUT2D eigenvalue weighted by atomic mass is 10.1. The van der Waals surface area contributed by atoms with Gasteiger partial charge in [-0.1, -0.05) is 48.5 Å². The Morgan fingerprint density at radius 2 is 1.05 bits per heavy atom. The largest absolute Gasteiger partial charge is 0.321 e. The van der Waals surface area contributed by atoms with Gasteiger partial charge in [-0.2, -0.15) is 0 Å². The van der Waals surface area contributed by atoms with Crippen molar-refractivity contribution in [2.24, 2.45) is 0 Å². The summed E-state index contributed by atoms with van der Waals surface area (Å²) in [6.45, 7) is 6.54. The molecule has 19 heavy (non-hydrogen) atoms. The van der Waals surface area contributed by atoms with E-state index in [4.69, 9.17) is 0 Å². The lowest BCUT2D eigenvalue weighted by Gasteiger charge is -2.31. The van der Waals surface area contributed by atoms with Gasteiger partial charge in [0.15, 0.2) is 0 Å². The minimum Gasteiger partial charge on any atom is -0.321 e. The fourth-order valence-corrected chi connectivity index (χ4v) is 2.55. The lowest BCUT2D eigenvalue weighted by Crippen LogP contribution is -2.38. The third-order valence-electron chi connectivity index (χ3n) is 3.72. The normalized spacial score (nSPS) is 11.6. The second-order valence-corrected chi connectivity index (χ2v) is 6.10. The molecule has 0 heterocycles. The van der Waals surface area contributed by atoms with Gasteiger partial charge in [-0.25, -0.2) is 0 Å². The zero-order valence-corrected chi connectivity index (χ0v) is 12.5. The monoisotopic (exact) mass is 254 g/mol. The molecule has 0 radical (unpaired) electrons. The van der Waals surface area contributed by atoms with Crippen LogP contribution in [0.4, 0.5) is 0 Å². The molecule has 0 aliphatic carbocycles. The van der Waals surface area contributed by atoms with E-state index in [1.165, 1.54) is 22.3 Å². The number of benzene rings is 2. The van der Waals surface area contributed by atoms with Crippen molar-refractivity contribution in [2.45, 2.75) is 26.9 Å². The average molecular weight is 254 g/mol. The predicted molar refractivity (Wildman–Crippen MR) is 81.9 cm³/mol. The molecule has 1 heteroatoms. The van der Waals surface area contributed by atoms with Gasteiger partial charge in [0.05, 0.1) is 14.1 Å². The number of rotatable bonds is 4. The highest BCUT2D eigenvalue weighted by atomic mass is 15.3. The van der Waals surface area contributed by atoms with Gasteiger partial charge in [-0.05, 0) is 25.0 Å². The van der Waals surface area contributed by atoms with Gasteiger partial charge in [0.1, 0.15) is 13.1 Å². The van der Waals surface area contributed by atoms with E-state index in [0.717, 1.165) is 17.6 Å². The molecule has 0 saturated heterocycles. The minimum absolute atomic E-state index is 0.982. The molecule has 0 atom stereocenters. The summed E-state index contributed by atoms with van der Waals surface area (Å²) >= 11 is 0. The minimum atomic E-state index is 0.982. The van der Waals surface area contributed by atoms with Crippen LogP contribution in [-0.4, -0.2) is 18.6 Å². The molecule has 2 aromatic rings. The first-order valence-corrected chi connectivity index (χ1v) is 6.89. The number of hydrogen-bond acceptors (Lipinski definition) is 0. The maximum absolute atomic E-state index is 2.30. The highest BCUT2D eigenvalue weighted by molar-refractivity contribution is 5.26. The van der Waals surface area contributed by atoms with E-state index < -0.39 is 0 Å². The highest BCUT2D eigenvalue weighted by Crippen LogP contribution is 2.18.